The Balaban J connectivity index is 1.53. The average Bonchev–Trinajstić information content (AvgIpc) is 3.12. The zero-order valence-electron chi connectivity index (χ0n) is 16.0. The van der Waals surface area contributed by atoms with E-state index >= 15 is 0 Å². The van der Waals surface area contributed by atoms with E-state index in [4.69, 9.17) is 9.26 Å². The van der Waals surface area contributed by atoms with Crippen LogP contribution in [0.25, 0.3) is 11.4 Å². The second-order valence-electron chi connectivity index (χ2n) is 6.71. The summed E-state index contributed by atoms with van der Waals surface area (Å²) < 4.78 is 24.4. The van der Waals surface area contributed by atoms with Gasteiger partial charge in [-0.2, -0.15) is 4.98 Å². The summed E-state index contributed by atoms with van der Waals surface area (Å²) in [5.74, 6) is 0.882. The van der Waals surface area contributed by atoms with Crippen LogP contribution in [0.3, 0.4) is 0 Å². The number of benzene rings is 2. The van der Waals surface area contributed by atoms with Crippen molar-refractivity contribution in [3.8, 4) is 17.1 Å². The molecule has 0 radical (unpaired) electrons. The van der Waals surface area contributed by atoms with Crippen LogP contribution in [-0.2, 0) is 11.2 Å². The van der Waals surface area contributed by atoms with Gasteiger partial charge in [0.1, 0.15) is 11.6 Å². The zero-order valence-corrected chi connectivity index (χ0v) is 16.0. The molecule has 1 heterocycles. The molecule has 146 valence electrons. The van der Waals surface area contributed by atoms with Crippen molar-refractivity contribution in [2.45, 2.75) is 39.7 Å². The van der Waals surface area contributed by atoms with E-state index in [9.17, 15) is 9.18 Å². The number of amides is 1. The highest BCUT2D eigenvalue weighted by molar-refractivity contribution is 5.90. The summed E-state index contributed by atoms with van der Waals surface area (Å²) in [6.45, 7) is 5.59. The summed E-state index contributed by atoms with van der Waals surface area (Å²) in [7, 11) is 0. The molecule has 28 heavy (non-hydrogen) atoms. The lowest BCUT2D eigenvalue weighted by Gasteiger charge is -2.10. The summed E-state index contributed by atoms with van der Waals surface area (Å²) in [6.07, 6.45) is 0.576. The number of nitrogens with zero attached hydrogens (tertiary/aromatic N) is 2. The van der Waals surface area contributed by atoms with Crippen molar-refractivity contribution in [3.63, 3.8) is 0 Å². The minimum atomic E-state index is -0.326. The Morgan fingerprint density at radius 3 is 2.64 bits per heavy atom. The van der Waals surface area contributed by atoms with Crippen LogP contribution in [0.5, 0.6) is 5.75 Å². The lowest BCUT2D eigenvalue weighted by molar-refractivity contribution is -0.116. The van der Waals surface area contributed by atoms with Crippen molar-refractivity contribution in [2.24, 2.45) is 0 Å². The largest absolute Gasteiger partial charge is 0.491 e. The number of aromatic nitrogens is 2. The molecule has 3 aromatic rings. The van der Waals surface area contributed by atoms with Crippen molar-refractivity contribution in [2.75, 3.05) is 5.32 Å². The van der Waals surface area contributed by atoms with Gasteiger partial charge in [0, 0.05) is 24.1 Å². The maximum atomic E-state index is 13.7. The molecule has 0 unspecified atom stereocenters. The minimum Gasteiger partial charge on any atom is -0.491 e. The number of aryl methyl sites for hydroxylation is 2. The lowest BCUT2D eigenvalue weighted by atomic mass is 10.1. The van der Waals surface area contributed by atoms with Crippen LogP contribution in [0, 0.1) is 12.7 Å². The first-order valence-electron chi connectivity index (χ1n) is 9.06. The highest BCUT2D eigenvalue weighted by Gasteiger charge is 2.12. The fourth-order valence-electron chi connectivity index (χ4n) is 2.54. The van der Waals surface area contributed by atoms with Gasteiger partial charge in [-0.1, -0.05) is 17.3 Å². The van der Waals surface area contributed by atoms with Crippen LogP contribution >= 0.6 is 0 Å². The van der Waals surface area contributed by atoms with Gasteiger partial charge in [0.05, 0.1) is 6.10 Å². The number of anilines is 1. The van der Waals surface area contributed by atoms with E-state index in [1.165, 1.54) is 6.07 Å². The van der Waals surface area contributed by atoms with Gasteiger partial charge in [0.2, 0.25) is 17.6 Å². The van der Waals surface area contributed by atoms with Crippen molar-refractivity contribution in [3.05, 3.63) is 59.7 Å². The summed E-state index contributed by atoms with van der Waals surface area (Å²) in [5.41, 5.74) is 1.77. The quantitative estimate of drug-likeness (QED) is 0.648. The second-order valence-corrected chi connectivity index (χ2v) is 6.71. The van der Waals surface area contributed by atoms with E-state index in [2.05, 4.69) is 15.5 Å². The first-order chi connectivity index (χ1) is 13.4. The normalized spacial score (nSPS) is 10.9. The number of hydrogen-bond donors (Lipinski definition) is 1. The van der Waals surface area contributed by atoms with E-state index in [-0.39, 0.29) is 24.2 Å². The standard InChI is InChI=1S/C21H22FN3O3/c1-13(2)27-17-8-6-16(7-9-17)23-19(26)10-11-20-24-21(25-28-20)15-5-4-14(3)18(22)12-15/h4-9,12-13H,10-11H2,1-3H3,(H,23,26). The molecule has 0 saturated carbocycles. The summed E-state index contributed by atoms with van der Waals surface area (Å²) >= 11 is 0. The molecule has 0 bridgehead atoms. The van der Waals surface area contributed by atoms with Crippen molar-refractivity contribution in [1.29, 1.82) is 0 Å². The van der Waals surface area contributed by atoms with E-state index in [0.29, 0.717) is 35.0 Å². The van der Waals surface area contributed by atoms with Gasteiger partial charge in [0.15, 0.2) is 0 Å². The molecule has 6 nitrogen and oxygen atoms in total. The third kappa shape index (κ3) is 5.16. The molecular formula is C21H22FN3O3. The Kier molecular flexibility index (Phi) is 6.03. The molecule has 1 aromatic heterocycles. The van der Waals surface area contributed by atoms with E-state index in [0.717, 1.165) is 5.75 Å². The van der Waals surface area contributed by atoms with E-state index in [1.807, 2.05) is 13.8 Å². The Morgan fingerprint density at radius 1 is 1.21 bits per heavy atom. The predicted octanol–water partition coefficient (Wildman–Crippen LogP) is 4.54. The predicted molar refractivity (Wildman–Crippen MR) is 104 cm³/mol. The number of ether oxygens (including phenoxy) is 1. The van der Waals surface area contributed by atoms with Gasteiger partial charge in [-0.25, -0.2) is 4.39 Å². The van der Waals surface area contributed by atoms with Gasteiger partial charge < -0.3 is 14.6 Å². The number of carbonyl (C=O) groups excluding carboxylic acids is 1. The van der Waals surface area contributed by atoms with Gasteiger partial charge in [-0.3, -0.25) is 4.79 Å². The summed E-state index contributed by atoms with van der Waals surface area (Å²) in [5, 5.41) is 6.66. The SMILES string of the molecule is Cc1ccc(-c2noc(CCC(=O)Nc3ccc(OC(C)C)cc3)n2)cc1F. The summed E-state index contributed by atoms with van der Waals surface area (Å²) in [6, 6.07) is 11.9. The molecule has 0 spiro atoms. The molecule has 2 aromatic carbocycles. The zero-order chi connectivity index (χ0) is 20.1. The number of nitrogens with one attached hydrogen (secondary N) is 1. The van der Waals surface area contributed by atoms with Crippen molar-refractivity contribution < 1.29 is 18.4 Å². The molecule has 0 atom stereocenters. The van der Waals surface area contributed by atoms with Crippen LogP contribution < -0.4 is 10.1 Å². The Bertz CT molecular complexity index is 952. The molecule has 1 N–H and O–H groups in total. The maximum absolute atomic E-state index is 13.7. The number of carbonyl (C=O) groups is 1. The smallest absolute Gasteiger partial charge is 0.227 e. The Hall–Kier alpha value is -3.22. The number of hydrogen-bond acceptors (Lipinski definition) is 5. The van der Waals surface area contributed by atoms with Gasteiger partial charge in [-0.05, 0) is 56.7 Å². The fraction of sp³-hybridized carbons (Fsp3) is 0.286. The Morgan fingerprint density at radius 2 is 1.96 bits per heavy atom. The molecule has 3 rings (SSSR count). The molecule has 7 heteroatoms. The molecule has 0 saturated heterocycles. The van der Waals surface area contributed by atoms with E-state index in [1.54, 1.807) is 43.3 Å². The molecule has 0 aliphatic heterocycles. The Labute approximate surface area is 162 Å². The first-order valence-corrected chi connectivity index (χ1v) is 9.06. The fourth-order valence-corrected chi connectivity index (χ4v) is 2.54. The van der Waals surface area contributed by atoms with E-state index < -0.39 is 0 Å². The third-order valence-corrected chi connectivity index (χ3v) is 3.97. The van der Waals surface area contributed by atoms with Gasteiger partial charge >= 0.3 is 0 Å². The second kappa shape index (κ2) is 8.65. The topological polar surface area (TPSA) is 77.2 Å². The monoisotopic (exact) mass is 383 g/mol. The van der Waals surface area contributed by atoms with Crippen molar-refractivity contribution >= 4 is 11.6 Å². The van der Waals surface area contributed by atoms with Crippen LogP contribution in [0.2, 0.25) is 0 Å². The maximum Gasteiger partial charge on any atom is 0.227 e. The van der Waals surface area contributed by atoms with Gasteiger partial charge in [-0.15, -0.1) is 0 Å². The highest BCUT2D eigenvalue weighted by atomic mass is 19.1. The first kappa shape index (κ1) is 19.5. The number of rotatable bonds is 7. The van der Waals surface area contributed by atoms with Crippen molar-refractivity contribution in [1.82, 2.24) is 10.1 Å². The molecule has 1 amide bonds. The molecule has 0 aliphatic rings. The minimum absolute atomic E-state index is 0.0936. The third-order valence-electron chi connectivity index (χ3n) is 3.97. The van der Waals surface area contributed by atoms with Gasteiger partial charge in [0.25, 0.3) is 0 Å². The van der Waals surface area contributed by atoms with Crippen LogP contribution in [-0.4, -0.2) is 22.2 Å². The highest BCUT2D eigenvalue weighted by Crippen LogP contribution is 2.20. The van der Waals surface area contributed by atoms with Crippen LogP contribution in [0.1, 0.15) is 31.7 Å². The molecule has 0 aliphatic carbocycles. The number of halogens is 1. The molecular weight excluding hydrogens is 361 g/mol. The van der Waals surface area contributed by atoms with Crippen LogP contribution in [0.15, 0.2) is 47.0 Å². The molecule has 0 fully saturated rings. The lowest BCUT2D eigenvalue weighted by Crippen LogP contribution is -2.12. The summed E-state index contributed by atoms with van der Waals surface area (Å²) in [4.78, 5) is 16.4. The van der Waals surface area contributed by atoms with Crippen LogP contribution in [0.4, 0.5) is 10.1 Å². The average molecular weight is 383 g/mol.